The van der Waals surface area contributed by atoms with Crippen molar-refractivity contribution < 1.29 is 5.11 Å². The SMILES string of the molecule is Cc1ccc(C(C)NCCc2nccn2C)c(O)c1. The molecule has 2 N–H and O–H groups in total. The third kappa shape index (κ3) is 3.35. The second kappa shape index (κ2) is 5.89. The van der Waals surface area contributed by atoms with Gasteiger partial charge in [0.05, 0.1) is 0 Å². The van der Waals surface area contributed by atoms with Crippen molar-refractivity contribution in [2.75, 3.05) is 6.54 Å². The normalized spacial score (nSPS) is 12.6. The molecule has 0 saturated heterocycles. The maximum Gasteiger partial charge on any atom is 0.120 e. The molecule has 0 amide bonds. The van der Waals surface area contributed by atoms with Gasteiger partial charge in [0.2, 0.25) is 0 Å². The molecule has 1 aromatic heterocycles. The Labute approximate surface area is 114 Å². The number of rotatable bonds is 5. The van der Waals surface area contributed by atoms with E-state index in [2.05, 4.69) is 17.2 Å². The zero-order valence-electron chi connectivity index (χ0n) is 11.7. The van der Waals surface area contributed by atoms with Crippen LogP contribution >= 0.6 is 0 Å². The number of phenols is 1. The minimum atomic E-state index is 0.126. The van der Waals surface area contributed by atoms with Gasteiger partial charge in [0.25, 0.3) is 0 Å². The first-order valence-electron chi connectivity index (χ1n) is 6.57. The summed E-state index contributed by atoms with van der Waals surface area (Å²) < 4.78 is 2.02. The smallest absolute Gasteiger partial charge is 0.120 e. The standard InChI is InChI=1S/C15H21N3O/c1-11-4-5-13(14(19)10-11)12(2)16-7-6-15-17-8-9-18(15)3/h4-5,8-10,12,16,19H,6-7H2,1-3H3. The summed E-state index contributed by atoms with van der Waals surface area (Å²) in [5.74, 6) is 1.42. The van der Waals surface area contributed by atoms with Gasteiger partial charge in [0.1, 0.15) is 11.6 Å². The highest BCUT2D eigenvalue weighted by Crippen LogP contribution is 2.24. The Balaban J connectivity index is 1.91. The Kier molecular flexibility index (Phi) is 4.22. The lowest BCUT2D eigenvalue weighted by molar-refractivity contribution is 0.452. The number of phenolic OH excluding ortho intramolecular Hbond substituents is 1. The molecule has 19 heavy (non-hydrogen) atoms. The van der Waals surface area contributed by atoms with Gasteiger partial charge < -0.3 is 15.0 Å². The highest BCUT2D eigenvalue weighted by molar-refractivity contribution is 5.37. The lowest BCUT2D eigenvalue weighted by Crippen LogP contribution is -2.22. The van der Waals surface area contributed by atoms with Crippen LogP contribution in [0.5, 0.6) is 5.75 Å². The number of imidazole rings is 1. The van der Waals surface area contributed by atoms with E-state index in [1.54, 1.807) is 6.07 Å². The molecule has 102 valence electrons. The van der Waals surface area contributed by atoms with Gasteiger partial charge in [-0.3, -0.25) is 0 Å². The number of aryl methyl sites for hydroxylation is 2. The monoisotopic (exact) mass is 259 g/mol. The molecular formula is C15H21N3O. The van der Waals surface area contributed by atoms with E-state index in [1.165, 1.54) is 0 Å². The van der Waals surface area contributed by atoms with E-state index >= 15 is 0 Å². The molecule has 1 atom stereocenters. The number of aromatic hydroxyl groups is 1. The molecule has 1 aromatic carbocycles. The topological polar surface area (TPSA) is 50.1 Å². The van der Waals surface area contributed by atoms with Crippen LogP contribution in [-0.4, -0.2) is 21.2 Å². The summed E-state index contributed by atoms with van der Waals surface area (Å²) in [6, 6.07) is 5.92. The summed E-state index contributed by atoms with van der Waals surface area (Å²) in [7, 11) is 2.00. The van der Waals surface area contributed by atoms with Crippen LogP contribution < -0.4 is 5.32 Å². The number of aromatic nitrogens is 2. The average Bonchev–Trinajstić information content (AvgIpc) is 2.75. The van der Waals surface area contributed by atoms with Crippen molar-refractivity contribution in [3.63, 3.8) is 0 Å². The van der Waals surface area contributed by atoms with Crippen molar-refractivity contribution in [1.29, 1.82) is 0 Å². The molecule has 2 aromatic rings. The highest BCUT2D eigenvalue weighted by Gasteiger charge is 2.10. The van der Waals surface area contributed by atoms with Crippen LogP contribution in [-0.2, 0) is 13.5 Å². The van der Waals surface area contributed by atoms with E-state index in [9.17, 15) is 5.11 Å². The summed E-state index contributed by atoms with van der Waals surface area (Å²) >= 11 is 0. The Hall–Kier alpha value is -1.81. The quantitative estimate of drug-likeness (QED) is 0.866. The first-order valence-corrected chi connectivity index (χ1v) is 6.57. The van der Waals surface area contributed by atoms with Gasteiger partial charge in [0.15, 0.2) is 0 Å². The van der Waals surface area contributed by atoms with Crippen LogP contribution in [0.25, 0.3) is 0 Å². The Bertz CT molecular complexity index is 548. The summed E-state index contributed by atoms with van der Waals surface area (Å²) in [5.41, 5.74) is 2.01. The third-order valence-electron chi connectivity index (χ3n) is 3.37. The van der Waals surface area contributed by atoms with Crippen molar-refractivity contribution in [2.45, 2.75) is 26.3 Å². The Morgan fingerprint density at radius 3 is 2.84 bits per heavy atom. The van der Waals surface area contributed by atoms with E-state index in [4.69, 9.17) is 0 Å². The predicted molar refractivity (Wildman–Crippen MR) is 76.2 cm³/mol. The summed E-state index contributed by atoms with van der Waals surface area (Å²) in [4.78, 5) is 4.29. The van der Waals surface area contributed by atoms with Gasteiger partial charge in [-0.1, -0.05) is 12.1 Å². The molecule has 0 radical (unpaired) electrons. The second-order valence-corrected chi connectivity index (χ2v) is 4.94. The number of hydrogen-bond acceptors (Lipinski definition) is 3. The largest absolute Gasteiger partial charge is 0.508 e. The zero-order chi connectivity index (χ0) is 13.8. The number of nitrogens with zero attached hydrogens (tertiary/aromatic N) is 2. The molecule has 0 aliphatic heterocycles. The molecule has 4 nitrogen and oxygen atoms in total. The van der Waals surface area contributed by atoms with Crippen LogP contribution in [0.4, 0.5) is 0 Å². The fraction of sp³-hybridized carbons (Fsp3) is 0.400. The summed E-state index contributed by atoms with van der Waals surface area (Å²) in [6.07, 6.45) is 4.63. The number of benzene rings is 1. The lowest BCUT2D eigenvalue weighted by Gasteiger charge is -2.16. The first-order chi connectivity index (χ1) is 9.08. The minimum Gasteiger partial charge on any atom is -0.508 e. The van der Waals surface area contributed by atoms with E-state index in [0.717, 1.165) is 29.9 Å². The predicted octanol–water partition coefficient (Wildman–Crippen LogP) is 2.33. The maximum atomic E-state index is 9.93. The van der Waals surface area contributed by atoms with Gasteiger partial charge in [-0.2, -0.15) is 0 Å². The molecule has 0 bridgehead atoms. The Morgan fingerprint density at radius 2 is 2.21 bits per heavy atom. The molecule has 0 aliphatic carbocycles. The van der Waals surface area contributed by atoms with E-state index in [0.29, 0.717) is 5.75 Å². The van der Waals surface area contributed by atoms with Gasteiger partial charge in [-0.15, -0.1) is 0 Å². The first kappa shape index (κ1) is 13.6. The number of hydrogen-bond donors (Lipinski definition) is 2. The summed E-state index contributed by atoms with van der Waals surface area (Å²) in [5, 5.41) is 13.3. The van der Waals surface area contributed by atoms with Crippen LogP contribution in [0, 0.1) is 6.92 Å². The van der Waals surface area contributed by atoms with Gasteiger partial charge in [0, 0.05) is 44.0 Å². The van der Waals surface area contributed by atoms with Crippen molar-refractivity contribution >= 4 is 0 Å². The molecule has 0 spiro atoms. The molecule has 2 rings (SSSR count). The second-order valence-electron chi connectivity index (χ2n) is 4.94. The maximum absolute atomic E-state index is 9.93. The van der Waals surface area contributed by atoms with Gasteiger partial charge in [-0.25, -0.2) is 4.98 Å². The molecule has 0 fully saturated rings. The highest BCUT2D eigenvalue weighted by atomic mass is 16.3. The van der Waals surface area contributed by atoms with Crippen molar-refractivity contribution in [2.24, 2.45) is 7.05 Å². The van der Waals surface area contributed by atoms with Gasteiger partial charge in [-0.05, 0) is 25.5 Å². The van der Waals surface area contributed by atoms with Crippen LogP contribution in [0.2, 0.25) is 0 Å². The minimum absolute atomic E-state index is 0.126. The lowest BCUT2D eigenvalue weighted by atomic mass is 10.1. The van der Waals surface area contributed by atoms with E-state index in [1.807, 2.05) is 43.1 Å². The summed E-state index contributed by atoms with van der Waals surface area (Å²) in [6.45, 7) is 4.87. The van der Waals surface area contributed by atoms with Crippen LogP contribution in [0.3, 0.4) is 0 Å². The van der Waals surface area contributed by atoms with Gasteiger partial charge >= 0.3 is 0 Å². The fourth-order valence-electron chi connectivity index (χ4n) is 2.17. The third-order valence-corrected chi connectivity index (χ3v) is 3.37. The molecule has 0 aliphatic rings. The molecule has 0 saturated carbocycles. The zero-order valence-corrected chi connectivity index (χ0v) is 11.7. The Morgan fingerprint density at radius 1 is 1.42 bits per heavy atom. The molecular weight excluding hydrogens is 238 g/mol. The van der Waals surface area contributed by atoms with Crippen LogP contribution in [0.1, 0.15) is 29.9 Å². The van der Waals surface area contributed by atoms with Crippen molar-refractivity contribution in [3.05, 3.63) is 47.5 Å². The number of nitrogens with one attached hydrogen (secondary N) is 1. The van der Waals surface area contributed by atoms with Crippen LogP contribution in [0.15, 0.2) is 30.6 Å². The van der Waals surface area contributed by atoms with E-state index in [-0.39, 0.29) is 6.04 Å². The molecule has 4 heteroatoms. The van der Waals surface area contributed by atoms with Crippen molar-refractivity contribution in [1.82, 2.24) is 14.9 Å². The molecule has 1 unspecified atom stereocenters. The van der Waals surface area contributed by atoms with E-state index < -0.39 is 0 Å². The van der Waals surface area contributed by atoms with Crippen molar-refractivity contribution in [3.8, 4) is 5.75 Å². The average molecular weight is 259 g/mol. The molecule has 1 heterocycles. The fourth-order valence-corrected chi connectivity index (χ4v) is 2.17.